The number of hydrogen-bond donors (Lipinski definition) is 0. The Kier molecular flexibility index (Phi) is 4.04. The van der Waals surface area contributed by atoms with Gasteiger partial charge in [-0.2, -0.15) is 0 Å². The van der Waals surface area contributed by atoms with Crippen LogP contribution in [-0.2, 0) is 9.47 Å². The highest BCUT2D eigenvalue weighted by Gasteiger charge is 2.31. The van der Waals surface area contributed by atoms with Gasteiger partial charge in [0.1, 0.15) is 0 Å². The minimum Gasteiger partial charge on any atom is -0.378 e. The van der Waals surface area contributed by atoms with Gasteiger partial charge in [0.2, 0.25) is 0 Å². The smallest absolute Gasteiger partial charge is 0.0885 e. The maximum absolute atomic E-state index is 5.34. The van der Waals surface area contributed by atoms with Crippen molar-refractivity contribution in [2.45, 2.75) is 39.4 Å². The highest BCUT2D eigenvalue weighted by molar-refractivity contribution is 4.81. The first kappa shape index (κ1) is 10.9. The molecule has 0 amide bonds. The van der Waals surface area contributed by atoms with Crippen LogP contribution in [0.2, 0.25) is 0 Å². The van der Waals surface area contributed by atoms with Gasteiger partial charge in [-0.05, 0) is 19.8 Å². The van der Waals surface area contributed by atoms with E-state index in [1.165, 1.54) is 0 Å². The highest BCUT2D eigenvalue weighted by Crippen LogP contribution is 2.22. The molecule has 0 heterocycles. The molecule has 1 unspecified atom stereocenters. The van der Waals surface area contributed by atoms with Gasteiger partial charge < -0.3 is 9.47 Å². The van der Waals surface area contributed by atoms with Crippen LogP contribution in [-0.4, -0.2) is 25.9 Å². The van der Waals surface area contributed by atoms with Crippen LogP contribution < -0.4 is 0 Å². The summed E-state index contributed by atoms with van der Waals surface area (Å²) in [6, 6.07) is 0. The van der Waals surface area contributed by atoms with Crippen LogP contribution in [0.25, 0.3) is 0 Å². The Morgan fingerprint density at radius 1 is 1.09 bits per heavy atom. The van der Waals surface area contributed by atoms with E-state index in [-0.39, 0.29) is 11.7 Å². The predicted octanol–water partition coefficient (Wildman–Crippen LogP) is 2.08. The van der Waals surface area contributed by atoms with Crippen molar-refractivity contribution in [2.24, 2.45) is 5.92 Å². The summed E-state index contributed by atoms with van der Waals surface area (Å²) in [4.78, 5) is 0. The van der Waals surface area contributed by atoms with Gasteiger partial charge in [-0.25, -0.2) is 0 Å². The summed E-state index contributed by atoms with van der Waals surface area (Å²) in [6.45, 7) is 8.35. The quantitative estimate of drug-likeness (QED) is 0.627. The van der Waals surface area contributed by atoms with E-state index in [1.807, 2.05) is 13.8 Å². The van der Waals surface area contributed by atoms with Crippen molar-refractivity contribution in [1.82, 2.24) is 0 Å². The van der Waals surface area contributed by atoms with Crippen molar-refractivity contribution in [3.8, 4) is 0 Å². The van der Waals surface area contributed by atoms with Gasteiger partial charge in [0.15, 0.2) is 0 Å². The standard InChI is InChI=1S/C9H20O2/c1-7(2)8(10-5)9(3,4)11-6/h7-8H,1-6H3. The predicted molar refractivity (Wildman–Crippen MR) is 46.7 cm³/mol. The van der Waals surface area contributed by atoms with E-state index in [9.17, 15) is 0 Å². The first-order chi connectivity index (χ1) is 4.95. The minimum absolute atomic E-state index is 0.160. The zero-order valence-electron chi connectivity index (χ0n) is 8.47. The molecule has 0 radical (unpaired) electrons. The molecule has 11 heavy (non-hydrogen) atoms. The van der Waals surface area contributed by atoms with E-state index in [1.54, 1.807) is 14.2 Å². The Labute approximate surface area is 69.9 Å². The lowest BCUT2D eigenvalue weighted by molar-refractivity contribution is -0.113. The molecule has 0 bridgehead atoms. The van der Waals surface area contributed by atoms with Crippen molar-refractivity contribution in [3.63, 3.8) is 0 Å². The number of hydrogen-bond acceptors (Lipinski definition) is 2. The maximum Gasteiger partial charge on any atom is 0.0885 e. The van der Waals surface area contributed by atoms with Gasteiger partial charge in [-0.15, -0.1) is 0 Å². The van der Waals surface area contributed by atoms with E-state index in [4.69, 9.17) is 9.47 Å². The molecule has 0 aromatic rings. The van der Waals surface area contributed by atoms with Crippen molar-refractivity contribution < 1.29 is 9.47 Å². The fraction of sp³-hybridized carbons (Fsp3) is 1.00. The fourth-order valence-electron chi connectivity index (χ4n) is 1.47. The third-order valence-electron chi connectivity index (χ3n) is 2.07. The molecule has 68 valence electrons. The third-order valence-corrected chi connectivity index (χ3v) is 2.07. The molecule has 0 aromatic carbocycles. The van der Waals surface area contributed by atoms with Crippen LogP contribution in [0.4, 0.5) is 0 Å². The average Bonchev–Trinajstić information content (AvgIpc) is 1.88. The van der Waals surface area contributed by atoms with E-state index in [0.29, 0.717) is 5.92 Å². The minimum atomic E-state index is -0.192. The Morgan fingerprint density at radius 3 is 1.64 bits per heavy atom. The molecule has 2 heteroatoms. The summed E-state index contributed by atoms with van der Waals surface area (Å²) in [6.07, 6.45) is 0.160. The van der Waals surface area contributed by atoms with Crippen LogP contribution >= 0.6 is 0 Å². The molecule has 2 nitrogen and oxygen atoms in total. The molecule has 0 aliphatic carbocycles. The zero-order chi connectivity index (χ0) is 9.07. The van der Waals surface area contributed by atoms with Crippen LogP contribution in [0, 0.1) is 5.92 Å². The Bertz CT molecular complexity index is 108. The van der Waals surface area contributed by atoms with Gasteiger partial charge in [0.25, 0.3) is 0 Å². The molecule has 0 fully saturated rings. The third kappa shape index (κ3) is 2.80. The van der Waals surface area contributed by atoms with Crippen LogP contribution in [0.5, 0.6) is 0 Å². The monoisotopic (exact) mass is 160 g/mol. The van der Waals surface area contributed by atoms with Crippen molar-refractivity contribution in [2.75, 3.05) is 14.2 Å². The summed E-state index contributed by atoms with van der Waals surface area (Å²) in [5, 5.41) is 0. The van der Waals surface area contributed by atoms with E-state index in [0.717, 1.165) is 0 Å². The Morgan fingerprint density at radius 2 is 1.55 bits per heavy atom. The lowest BCUT2D eigenvalue weighted by Gasteiger charge is -2.34. The first-order valence-electron chi connectivity index (χ1n) is 4.03. The summed E-state index contributed by atoms with van der Waals surface area (Å²) in [5.41, 5.74) is -0.192. The lowest BCUT2D eigenvalue weighted by atomic mass is 9.92. The molecule has 0 aromatic heterocycles. The summed E-state index contributed by atoms with van der Waals surface area (Å²) < 4.78 is 10.7. The average molecular weight is 160 g/mol. The molecule has 1 atom stereocenters. The Balaban J connectivity index is 4.23. The second-order valence-corrected chi connectivity index (χ2v) is 3.71. The molecule has 0 rings (SSSR count). The normalized spacial score (nSPS) is 15.5. The van der Waals surface area contributed by atoms with Gasteiger partial charge in [-0.1, -0.05) is 13.8 Å². The van der Waals surface area contributed by atoms with E-state index < -0.39 is 0 Å². The second-order valence-electron chi connectivity index (χ2n) is 3.71. The second kappa shape index (κ2) is 4.07. The van der Waals surface area contributed by atoms with Crippen LogP contribution in [0.3, 0.4) is 0 Å². The molecular formula is C9H20O2. The molecule has 0 spiro atoms. The van der Waals surface area contributed by atoms with E-state index >= 15 is 0 Å². The van der Waals surface area contributed by atoms with Gasteiger partial charge in [-0.3, -0.25) is 0 Å². The van der Waals surface area contributed by atoms with Crippen molar-refractivity contribution in [3.05, 3.63) is 0 Å². The molecule has 0 aliphatic heterocycles. The summed E-state index contributed by atoms with van der Waals surface area (Å²) in [7, 11) is 3.44. The zero-order valence-corrected chi connectivity index (χ0v) is 8.47. The van der Waals surface area contributed by atoms with Crippen molar-refractivity contribution >= 4 is 0 Å². The SMILES string of the molecule is COC(C(C)C)C(C)(C)OC. The topological polar surface area (TPSA) is 18.5 Å². The molecule has 0 saturated carbocycles. The highest BCUT2D eigenvalue weighted by atomic mass is 16.5. The molecular weight excluding hydrogens is 140 g/mol. The van der Waals surface area contributed by atoms with E-state index in [2.05, 4.69) is 13.8 Å². The lowest BCUT2D eigenvalue weighted by Crippen LogP contribution is -2.42. The van der Waals surface area contributed by atoms with Crippen LogP contribution in [0.1, 0.15) is 27.7 Å². The van der Waals surface area contributed by atoms with Crippen molar-refractivity contribution in [1.29, 1.82) is 0 Å². The van der Waals surface area contributed by atoms with Crippen LogP contribution in [0.15, 0.2) is 0 Å². The van der Waals surface area contributed by atoms with Gasteiger partial charge in [0, 0.05) is 14.2 Å². The fourth-order valence-corrected chi connectivity index (χ4v) is 1.47. The van der Waals surface area contributed by atoms with Gasteiger partial charge >= 0.3 is 0 Å². The van der Waals surface area contributed by atoms with Gasteiger partial charge in [0.05, 0.1) is 11.7 Å². The number of methoxy groups -OCH3 is 2. The number of rotatable bonds is 4. The summed E-state index contributed by atoms with van der Waals surface area (Å²) >= 11 is 0. The molecule has 0 aliphatic rings. The largest absolute Gasteiger partial charge is 0.378 e. The first-order valence-corrected chi connectivity index (χ1v) is 4.03. The summed E-state index contributed by atoms with van der Waals surface area (Å²) in [5.74, 6) is 0.481. The molecule has 0 N–H and O–H groups in total. The number of ether oxygens (including phenoxy) is 2. The Hall–Kier alpha value is -0.0800. The maximum atomic E-state index is 5.34. The molecule has 0 saturated heterocycles.